The van der Waals surface area contributed by atoms with Crippen molar-refractivity contribution in [1.29, 1.82) is 0 Å². The molecule has 1 unspecified atom stereocenters. The van der Waals surface area contributed by atoms with E-state index in [4.69, 9.17) is 4.42 Å². The van der Waals surface area contributed by atoms with Gasteiger partial charge in [0.15, 0.2) is 11.5 Å². The van der Waals surface area contributed by atoms with Crippen molar-refractivity contribution < 1.29 is 9.21 Å². The number of hydrogen-bond acceptors (Lipinski definition) is 4. The molecule has 5 heteroatoms. The molecule has 0 spiro atoms. The number of carbonyl (C=O) groups is 1. The Morgan fingerprint density at radius 1 is 1.56 bits per heavy atom. The second-order valence-electron chi connectivity index (χ2n) is 4.64. The smallest absolute Gasteiger partial charge is 0.227 e. The minimum Gasteiger partial charge on any atom is -0.441 e. The van der Waals surface area contributed by atoms with Crippen LogP contribution in [-0.4, -0.2) is 23.2 Å². The number of fused-ring (bicyclic) bond motifs is 1. The van der Waals surface area contributed by atoms with E-state index < -0.39 is 0 Å². The minimum absolute atomic E-state index is 0.161. The lowest BCUT2D eigenvalue weighted by atomic mass is 10.1. The quantitative estimate of drug-likeness (QED) is 0.845. The molecule has 1 aliphatic rings. The molecular weight excluding hydrogens is 248 g/mol. The Balaban J connectivity index is 1.96. The van der Waals surface area contributed by atoms with Crippen LogP contribution in [0.3, 0.4) is 0 Å². The van der Waals surface area contributed by atoms with Gasteiger partial charge in [-0.3, -0.25) is 4.79 Å². The molecule has 0 N–H and O–H groups in total. The summed E-state index contributed by atoms with van der Waals surface area (Å²) in [7, 11) is 0. The van der Waals surface area contributed by atoms with E-state index >= 15 is 0 Å². The van der Waals surface area contributed by atoms with Crippen molar-refractivity contribution in [3.05, 3.63) is 24.1 Å². The monoisotopic (exact) mass is 262 g/mol. The summed E-state index contributed by atoms with van der Waals surface area (Å²) in [5, 5.41) is 0. The van der Waals surface area contributed by atoms with Gasteiger partial charge >= 0.3 is 0 Å². The molecule has 1 atom stereocenters. The van der Waals surface area contributed by atoms with Crippen molar-refractivity contribution in [1.82, 2.24) is 4.98 Å². The first-order valence-electron chi connectivity index (χ1n) is 5.96. The maximum Gasteiger partial charge on any atom is 0.227 e. The maximum absolute atomic E-state index is 11.9. The van der Waals surface area contributed by atoms with Crippen LogP contribution in [0.2, 0.25) is 0 Å². The molecule has 0 aliphatic carbocycles. The number of thiol groups is 1. The molecule has 2 heterocycles. The van der Waals surface area contributed by atoms with Gasteiger partial charge in [-0.2, -0.15) is 12.6 Å². The lowest BCUT2D eigenvalue weighted by Crippen LogP contribution is -2.24. The Kier molecular flexibility index (Phi) is 2.78. The average Bonchev–Trinajstić information content (AvgIpc) is 2.89. The Morgan fingerprint density at radius 2 is 2.39 bits per heavy atom. The predicted molar refractivity (Wildman–Crippen MR) is 73.1 cm³/mol. The molecule has 2 aromatic rings. The highest BCUT2D eigenvalue weighted by Gasteiger charge is 2.29. The van der Waals surface area contributed by atoms with E-state index in [0.29, 0.717) is 18.2 Å². The summed E-state index contributed by atoms with van der Waals surface area (Å²) in [4.78, 5) is 18.0. The largest absolute Gasteiger partial charge is 0.441 e. The van der Waals surface area contributed by atoms with Gasteiger partial charge in [0.2, 0.25) is 5.91 Å². The van der Waals surface area contributed by atoms with Crippen molar-refractivity contribution in [2.24, 2.45) is 5.92 Å². The number of rotatable bonds is 2. The molecule has 4 nitrogen and oxygen atoms in total. The summed E-state index contributed by atoms with van der Waals surface area (Å²) >= 11 is 4.27. The molecule has 0 bridgehead atoms. The number of aryl methyl sites for hydroxylation is 1. The van der Waals surface area contributed by atoms with Crippen LogP contribution in [0.5, 0.6) is 0 Å². The molecule has 18 heavy (non-hydrogen) atoms. The van der Waals surface area contributed by atoms with Crippen LogP contribution in [0.25, 0.3) is 11.1 Å². The standard InChI is InChI=1S/C13H14N2O2S/c1-8-14-11-5-10(2-3-12(11)17-8)15-6-9(7-18)4-13(15)16/h2-3,5,9,18H,4,6-7H2,1H3. The third-order valence-electron chi connectivity index (χ3n) is 3.25. The topological polar surface area (TPSA) is 46.3 Å². The van der Waals surface area contributed by atoms with Crippen molar-refractivity contribution in [3.63, 3.8) is 0 Å². The number of nitrogens with zero attached hydrogens (tertiary/aromatic N) is 2. The summed E-state index contributed by atoms with van der Waals surface area (Å²) < 4.78 is 5.43. The first-order valence-corrected chi connectivity index (χ1v) is 6.59. The second-order valence-corrected chi connectivity index (χ2v) is 5.01. The fourth-order valence-electron chi connectivity index (χ4n) is 2.35. The number of benzene rings is 1. The third-order valence-corrected chi connectivity index (χ3v) is 3.77. The van der Waals surface area contributed by atoms with Crippen LogP contribution in [0.1, 0.15) is 12.3 Å². The third kappa shape index (κ3) is 1.88. The number of amides is 1. The van der Waals surface area contributed by atoms with E-state index in [9.17, 15) is 4.79 Å². The predicted octanol–water partition coefficient (Wildman–Crippen LogP) is 2.42. The summed E-state index contributed by atoms with van der Waals surface area (Å²) in [6, 6.07) is 5.68. The molecule has 1 amide bonds. The second kappa shape index (κ2) is 4.31. The van der Waals surface area contributed by atoms with Gasteiger partial charge in [-0.25, -0.2) is 4.98 Å². The minimum atomic E-state index is 0.161. The Morgan fingerprint density at radius 3 is 3.11 bits per heavy atom. The lowest BCUT2D eigenvalue weighted by molar-refractivity contribution is -0.117. The molecular formula is C13H14N2O2S. The van der Waals surface area contributed by atoms with E-state index in [1.54, 1.807) is 0 Å². The zero-order valence-corrected chi connectivity index (χ0v) is 11.0. The van der Waals surface area contributed by atoms with Crippen LogP contribution in [0.4, 0.5) is 5.69 Å². The number of oxazole rings is 1. The Labute approximate surface area is 110 Å². The zero-order chi connectivity index (χ0) is 12.7. The highest BCUT2D eigenvalue weighted by atomic mass is 32.1. The van der Waals surface area contributed by atoms with Gasteiger partial charge in [-0.05, 0) is 29.9 Å². The molecule has 1 saturated heterocycles. The fraction of sp³-hybridized carbons (Fsp3) is 0.385. The van der Waals surface area contributed by atoms with Crippen LogP contribution in [-0.2, 0) is 4.79 Å². The van der Waals surface area contributed by atoms with Gasteiger partial charge in [0.1, 0.15) is 5.52 Å². The van der Waals surface area contributed by atoms with Gasteiger partial charge in [0.05, 0.1) is 0 Å². The number of hydrogen-bond donors (Lipinski definition) is 1. The summed E-state index contributed by atoms with van der Waals surface area (Å²) in [5.41, 5.74) is 2.45. The normalized spacial score (nSPS) is 20.0. The number of anilines is 1. The molecule has 3 rings (SSSR count). The van der Waals surface area contributed by atoms with Gasteiger partial charge < -0.3 is 9.32 Å². The van der Waals surface area contributed by atoms with Gasteiger partial charge in [-0.15, -0.1) is 0 Å². The molecule has 1 aliphatic heterocycles. The van der Waals surface area contributed by atoms with E-state index in [1.165, 1.54) is 0 Å². The van der Waals surface area contributed by atoms with E-state index in [0.717, 1.165) is 29.1 Å². The van der Waals surface area contributed by atoms with Crippen molar-refractivity contribution in [2.75, 3.05) is 17.2 Å². The molecule has 94 valence electrons. The van der Waals surface area contributed by atoms with Crippen molar-refractivity contribution >= 4 is 35.3 Å². The molecule has 1 fully saturated rings. The summed E-state index contributed by atoms with van der Waals surface area (Å²) in [6.45, 7) is 2.56. The van der Waals surface area contributed by atoms with E-state index in [2.05, 4.69) is 17.6 Å². The average molecular weight is 262 g/mol. The Hall–Kier alpha value is -1.49. The van der Waals surface area contributed by atoms with Gasteiger partial charge in [0, 0.05) is 25.6 Å². The van der Waals surface area contributed by atoms with Crippen LogP contribution >= 0.6 is 12.6 Å². The van der Waals surface area contributed by atoms with Gasteiger partial charge in [-0.1, -0.05) is 0 Å². The number of aromatic nitrogens is 1. The molecule has 0 saturated carbocycles. The molecule has 1 aromatic heterocycles. The lowest BCUT2D eigenvalue weighted by Gasteiger charge is -2.16. The van der Waals surface area contributed by atoms with Crippen molar-refractivity contribution in [2.45, 2.75) is 13.3 Å². The highest BCUT2D eigenvalue weighted by molar-refractivity contribution is 7.80. The number of carbonyl (C=O) groups excluding carboxylic acids is 1. The fourth-order valence-corrected chi connectivity index (χ4v) is 2.60. The summed E-state index contributed by atoms with van der Waals surface area (Å²) in [6.07, 6.45) is 0.583. The zero-order valence-electron chi connectivity index (χ0n) is 10.1. The van der Waals surface area contributed by atoms with E-state index in [1.807, 2.05) is 30.0 Å². The van der Waals surface area contributed by atoms with Crippen LogP contribution in [0, 0.1) is 12.8 Å². The van der Waals surface area contributed by atoms with Crippen LogP contribution < -0.4 is 4.90 Å². The van der Waals surface area contributed by atoms with Crippen LogP contribution in [0.15, 0.2) is 22.6 Å². The first kappa shape index (κ1) is 11.6. The summed E-state index contributed by atoms with van der Waals surface area (Å²) in [5.74, 6) is 1.89. The SMILES string of the molecule is Cc1nc2cc(N3CC(CS)CC3=O)ccc2o1. The Bertz CT molecular complexity index is 608. The highest BCUT2D eigenvalue weighted by Crippen LogP contribution is 2.28. The molecule has 0 radical (unpaired) electrons. The molecule has 1 aromatic carbocycles. The first-order chi connectivity index (χ1) is 8.67. The van der Waals surface area contributed by atoms with E-state index in [-0.39, 0.29) is 5.91 Å². The maximum atomic E-state index is 11.9. The van der Waals surface area contributed by atoms with Gasteiger partial charge in [0.25, 0.3) is 0 Å². The van der Waals surface area contributed by atoms with Crippen molar-refractivity contribution in [3.8, 4) is 0 Å².